The van der Waals surface area contributed by atoms with Gasteiger partial charge in [0.25, 0.3) is 5.91 Å². The Morgan fingerprint density at radius 1 is 1.07 bits per heavy atom. The van der Waals surface area contributed by atoms with Crippen molar-refractivity contribution in [2.24, 2.45) is 7.05 Å². The number of pyridine rings is 1. The van der Waals surface area contributed by atoms with Crippen LogP contribution in [0.5, 0.6) is 0 Å². The monoisotopic (exact) mass is 356 g/mol. The minimum Gasteiger partial charge on any atom is -0.347 e. The third-order valence-corrected chi connectivity index (χ3v) is 4.73. The number of amides is 1. The smallest absolute Gasteiger partial charge is 0.269 e. The van der Waals surface area contributed by atoms with Gasteiger partial charge in [-0.3, -0.25) is 14.5 Å². The zero-order chi connectivity index (χ0) is 18.8. The first-order valence-corrected chi connectivity index (χ1v) is 8.82. The van der Waals surface area contributed by atoms with Crippen LogP contribution in [0.25, 0.3) is 21.9 Å². The molecule has 2 heterocycles. The highest BCUT2D eigenvalue weighted by Crippen LogP contribution is 2.30. The molecule has 0 atom stereocenters. The Kier molecular flexibility index (Phi) is 4.42. The number of carbonyl (C=O) groups is 1. The minimum absolute atomic E-state index is 0.144. The summed E-state index contributed by atoms with van der Waals surface area (Å²) in [6.07, 6.45) is 5.28. The van der Waals surface area contributed by atoms with Gasteiger partial charge in [-0.1, -0.05) is 42.0 Å². The van der Waals surface area contributed by atoms with Gasteiger partial charge in [0, 0.05) is 37.6 Å². The number of rotatable bonds is 4. The average molecular weight is 356 g/mol. The molecule has 0 fully saturated rings. The Bertz CT molecular complexity index is 1130. The third-order valence-electron chi connectivity index (χ3n) is 4.73. The number of nitrogens with one attached hydrogen (secondary N) is 1. The summed E-state index contributed by atoms with van der Waals surface area (Å²) in [6, 6.07) is 16.4. The van der Waals surface area contributed by atoms with E-state index in [0.717, 1.165) is 21.9 Å². The van der Waals surface area contributed by atoms with Gasteiger partial charge in [0.1, 0.15) is 5.69 Å². The number of aryl methyl sites for hydroxylation is 2. The molecule has 0 aliphatic heterocycles. The maximum absolute atomic E-state index is 12.4. The van der Waals surface area contributed by atoms with E-state index in [1.807, 2.05) is 12.3 Å². The van der Waals surface area contributed by atoms with Crippen molar-refractivity contribution in [1.29, 1.82) is 0 Å². The molecule has 2 aromatic carbocycles. The minimum atomic E-state index is -0.144. The first kappa shape index (κ1) is 17.0. The van der Waals surface area contributed by atoms with Crippen molar-refractivity contribution in [2.45, 2.75) is 13.5 Å². The van der Waals surface area contributed by atoms with Gasteiger partial charge in [0.15, 0.2) is 0 Å². The SMILES string of the molecule is Cc1cccc(-c2ccc(CNC(=O)c3ccnn3C)c3cnccc23)c1. The summed E-state index contributed by atoms with van der Waals surface area (Å²) in [5, 5.41) is 9.19. The molecular formula is C22H20N4O. The number of hydrogen-bond acceptors (Lipinski definition) is 3. The summed E-state index contributed by atoms with van der Waals surface area (Å²) >= 11 is 0. The van der Waals surface area contributed by atoms with E-state index in [4.69, 9.17) is 0 Å². The molecule has 1 amide bonds. The van der Waals surface area contributed by atoms with Gasteiger partial charge in [0.05, 0.1) is 0 Å². The van der Waals surface area contributed by atoms with Gasteiger partial charge >= 0.3 is 0 Å². The summed E-state index contributed by atoms with van der Waals surface area (Å²) in [5.74, 6) is -0.144. The van der Waals surface area contributed by atoms with Crippen molar-refractivity contribution in [3.63, 3.8) is 0 Å². The van der Waals surface area contributed by atoms with Gasteiger partial charge in [-0.2, -0.15) is 5.10 Å². The van der Waals surface area contributed by atoms with Crippen LogP contribution in [0.2, 0.25) is 0 Å². The zero-order valence-corrected chi connectivity index (χ0v) is 15.3. The molecule has 5 nitrogen and oxygen atoms in total. The molecule has 0 aliphatic rings. The van der Waals surface area contributed by atoms with Crippen molar-refractivity contribution in [3.8, 4) is 11.1 Å². The molecule has 0 unspecified atom stereocenters. The molecule has 0 radical (unpaired) electrons. The molecule has 1 N–H and O–H groups in total. The van der Waals surface area contributed by atoms with E-state index in [1.165, 1.54) is 11.1 Å². The summed E-state index contributed by atoms with van der Waals surface area (Å²) in [7, 11) is 1.75. The number of hydrogen-bond donors (Lipinski definition) is 1. The number of aromatic nitrogens is 3. The van der Waals surface area contributed by atoms with Crippen molar-refractivity contribution < 1.29 is 4.79 Å². The van der Waals surface area contributed by atoms with Crippen molar-refractivity contribution in [2.75, 3.05) is 0 Å². The molecule has 0 saturated carbocycles. The van der Waals surface area contributed by atoms with E-state index in [-0.39, 0.29) is 5.91 Å². The summed E-state index contributed by atoms with van der Waals surface area (Å²) in [4.78, 5) is 16.7. The maximum atomic E-state index is 12.4. The second kappa shape index (κ2) is 7.03. The molecule has 0 aliphatic carbocycles. The van der Waals surface area contributed by atoms with Gasteiger partial charge in [-0.25, -0.2) is 0 Å². The predicted molar refractivity (Wildman–Crippen MR) is 106 cm³/mol. The lowest BCUT2D eigenvalue weighted by Gasteiger charge is -2.12. The molecule has 0 bridgehead atoms. The van der Waals surface area contributed by atoms with Gasteiger partial charge in [-0.15, -0.1) is 0 Å². The van der Waals surface area contributed by atoms with Crippen molar-refractivity contribution >= 4 is 16.7 Å². The van der Waals surface area contributed by atoms with E-state index in [1.54, 1.807) is 30.2 Å². The van der Waals surface area contributed by atoms with Crippen molar-refractivity contribution in [3.05, 3.63) is 83.9 Å². The van der Waals surface area contributed by atoms with Crippen LogP contribution < -0.4 is 5.32 Å². The highest BCUT2D eigenvalue weighted by molar-refractivity contribution is 5.98. The fourth-order valence-electron chi connectivity index (χ4n) is 3.33. The number of carbonyl (C=O) groups excluding carboxylic acids is 1. The van der Waals surface area contributed by atoms with E-state index in [2.05, 4.69) is 58.7 Å². The topological polar surface area (TPSA) is 59.8 Å². The largest absolute Gasteiger partial charge is 0.347 e. The lowest BCUT2D eigenvalue weighted by Crippen LogP contribution is -2.25. The Hall–Kier alpha value is -3.47. The Morgan fingerprint density at radius 2 is 1.96 bits per heavy atom. The van der Waals surface area contributed by atoms with E-state index in [0.29, 0.717) is 12.2 Å². The normalized spacial score (nSPS) is 10.9. The lowest BCUT2D eigenvalue weighted by atomic mass is 9.95. The van der Waals surface area contributed by atoms with E-state index < -0.39 is 0 Å². The fraction of sp³-hybridized carbons (Fsp3) is 0.136. The fourth-order valence-corrected chi connectivity index (χ4v) is 3.33. The van der Waals surface area contributed by atoms with E-state index in [9.17, 15) is 4.79 Å². The van der Waals surface area contributed by atoms with Crippen molar-refractivity contribution in [1.82, 2.24) is 20.1 Å². The van der Waals surface area contributed by atoms with Gasteiger partial charge in [-0.05, 0) is 41.1 Å². The standard InChI is InChI=1S/C22H20N4O/c1-15-4-3-5-16(12-15)18-7-6-17(20-14-23-10-8-19(18)20)13-24-22(27)21-9-11-25-26(21)2/h3-12,14H,13H2,1-2H3,(H,24,27). The second-order valence-corrected chi connectivity index (χ2v) is 6.59. The quantitative estimate of drug-likeness (QED) is 0.604. The van der Waals surface area contributed by atoms with Crippen LogP contribution in [0.1, 0.15) is 21.6 Å². The number of fused-ring (bicyclic) bond motifs is 1. The number of nitrogens with zero attached hydrogens (tertiary/aromatic N) is 3. The Morgan fingerprint density at radius 3 is 2.74 bits per heavy atom. The average Bonchev–Trinajstić information content (AvgIpc) is 3.12. The summed E-state index contributed by atoms with van der Waals surface area (Å²) in [6.45, 7) is 2.52. The lowest BCUT2D eigenvalue weighted by molar-refractivity contribution is 0.0941. The molecular weight excluding hydrogens is 336 g/mol. The van der Waals surface area contributed by atoms with Gasteiger partial charge < -0.3 is 5.32 Å². The van der Waals surface area contributed by atoms with Crippen LogP contribution in [0.4, 0.5) is 0 Å². The number of benzene rings is 2. The Balaban J connectivity index is 1.68. The highest BCUT2D eigenvalue weighted by atomic mass is 16.2. The molecule has 27 heavy (non-hydrogen) atoms. The molecule has 0 saturated heterocycles. The second-order valence-electron chi connectivity index (χ2n) is 6.59. The zero-order valence-electron chi connectivity index (χ0n) is 15.3. The van der Waals surface area contributed by atoms with Crippen LogP contribution in [-0.2, 0) is 13.6 Å². The molecule has 4 rings (SSSR count). The third kappa shape index (κ3) is 3.31. The molecule has 2 aromatic heterocycles. The Labute approximate surface area is 157 Å². The summed E-state index contributed by atoms with van der Waals surface area (Å²) < 4.78 is 1.57. The van der Waals surface area contributed by atoms with Crippen LogP contribution in [0, 0.1) is 6.92 Å². The molecule has 5 heteroatoms. The summed E-state index contributed by atoms with van der Waals surface area (Å²) in [5.41, 5.74) is 5.13. The first-order chi connectivity index (χ1) is 13.1. The van der Waals surface area contributed by atoms with Crippen LogP contribution in [0.3, 0.4) is 0 Å². The first-order valence-electron chi connectivity index (χ1n) is 8.82. The van der Waals surface area contributed by atoms with Crippen LogP contribution in [-0.4, -0.2) is 20.7 Å². The van der Waals surface area contributed by atoms with Gasteiger partial charge in [0.2, 0.25) is 0 Å². The van der Waals surface area contributed by atoms with E-state index >= 15 is 0 Å². The highest BCUT2D eigenvalue weighted by Gasteiger charge is 2.12. The predicted octanol–water partition coefficient (Wildman–Crippen LogP) is 3.87. The van der Waals surface area contributed by atoms with Crippen LogP contribution in [0.15, 0.2) is 67.1 Å². The molecule has 134 valence electrons. The van der Waals surface area contributed by atoms with Crippen LogP contribution >= 0.6 is 0 Å². The maximum Gasteiger partial charge on any atom is 0.269 e. The molecule has 0 spiro atoms. The molecule has 4 aromatic rings.